The number of aryl methyl sites for hydroxylation is 4. The molecule has 24 heteroatoms. The zero-order valence-electron chi connectivity index (χ0n) is 81.1. The molecule has 4 amide bonds. The lowest BCUT2D eigenvalue weighted by Crippen LogP contribution is -2.36. The van der Waals surface area contributed by atoms with E-state index in [9.17, 15) is 39.0 Å². The van der Waals surface area contributed by atoms with E-state index in [0.29, 0.717) is 90.7 Å². The smallest absolute Gasteiger partial charge is 0.323 e. The number of carbonyl (C=O) groups excluding carboxylic acids is 4. The van der Waals surface area contributed by atoms with Crippen molar-refractivity contribution in [3.05, 3.63) is 482 Å². The van der Waals surface area contributed by atoms with Crippen LogP contribution in [0.1, 0.15) is 89.0 Å². The second kappa shape index (κ2) is 42.5. The largest absolute Gasteiger partial charge is 0.508 e. The van der Waals surface area contributed by atoms with Gasteiger partial charge in [-0.05, 0) is 251 Å². The van der Waals surface area contributed by atoms with E-state index in [4.69, 9.17) is 66.4 Å². The molecule has 4 unspecified atom stereocenters. The number of nitrogens with zero attached hydrogens (tertiary/aromatic N) is 8. The van der Waals surface area contributed by atoms with Crippen molar-refractivity contribution in [1.82, 2.24) is 19.9 Å². The van der Waals surface area contributed by atoms with Crippen molar-refractivity contribution in [3.63, 3.8) is 0 Å². The number of nitrogens with one attached hydrogen (secondary N) is 4. The Morgan fingerprint density at radius 3 is 0.808 bits per heavy atom. The quantitative estimate of drug-likeness (QED) is 0.0540. The Bertz CT molecular complexity index is 8430. The third-order valence-electron chi connectivity index (χ3n) is 27.0. The topological polar surface area (TPSA) is 268 Å². The molecule has 0 bridgehead atoms. The van der Waals surface area contributed by atoms with Crippen LogP contribution in [0.2, 0.25) is 20.1 Å². The number of H-pyrrole nitrogens is 4. The maximum atomic E-state index is 13.8. The van der Waals surface area contributed by atoms with Crippen LogP contribution in [-0.4, -0.2) is 129 Å². The highest BCUT2D eigenvalue weighted by molar-refractivity contribution is 6.34. The number of aromatic amines is 4. The molecular weight excluding hydrogens is 1900 g/mol. The van der Waals surface area contributed by atoms with Gasteiger partial charge in [-0.2, -0.15) is 0 Å². The van der Waals surface area contributed by atoms with E-state index in [-0.39, 0.29) is 46.5 Å². The number of phenols is 2. The van der Waals surface area contributed by atoms with Crippen LogP contribution in [-0.2, 0) is 44.9 Å². The molecule has 20 nitrogen and oxygen atoms in total. The maximum Gasteiger partial charge on any atom is 0.323 e. The Balaban J connectivity index is 0.000000123. The van der Waals surface area contributed by atoms with Gasteiger partial charge in [-0.1, -0.05) is 264 Å². The van der Waals surface area contributed by atoms with E-state index < -0.39 is 24.2 Å². The number of halogens is 4. The number of amides is 4. The van der Waals surface area contributed by atoms with Gasteiger partial charge in [0.1, 0.15) is 35.7 Å². The van der Waals surface area contributed by atoms with Gasteiger partial charge in [0.2, 0.25) is 0 Å². The minimum Gasteiger partial charge on any atom is -0.508 e. The van der Waals surface area contributed by atoms with E-state index >= 15 is 0 Å². The van der Waals surface area contributed by atoms with Crippen LogP contribution in [0.25, 0.3) is 66.6 Å². The number of carbonyl (C=O) groups is 4. The minimum atomic E-state index is -0.660. The van der Waals surface area contributed by atoms with E-state index in [1.165, 1.54) is 22.3 Å². The fourth-order valence-electron chi connectivity index (χ4n) is 19.6. The number of benzene rings is 16. The van der Waals surface area contributed by atoms with Crippen molar-refractivity contribution in [2.75, 3.05) is 47.8 Å². The van der Waals surface area contributed by atoms with Gasteiger partial charge in [-0.25, -0.2) is 9.59 Å². The number of aliphatic imine (C=N–C) groups is 4. The van der Waals surface area contributed by atoms with Crippen LogP contribution < -0.4 is 31.0 Å². The molecule has 2 aromatic heterocycles. The first-order valence-corrected chi connectivity index (χ1v) is 49.3. The lowest BCUT2D eigenvalue weighted by atomic mass is 9.92. The molecule has 4 aliphatic heterocycles. The molecule has 0 fully saturated rings. The fourth-order valence-corrected chi connectivity index (χ4v) is 20.3. The van der Waals surface area contributed by atoms with Crippen molar-refractivity contribution in [3.8, 4) is 56.0 Å². The molecule has 0 aliphatic carbocycles. The molecule has 146 heavy (non-hydrogen) atoms. The predicted molar refractivity (Wildman–Crippen MR) is 592 cm³/mol. The number of rotatable bonds is 16. The van der Waals surface area contributed by atoms with E-state index in [2.05, 4.69) is 157 Å². The van der Waals surface area contributed by atoms with Crippen molar-refractivity contribution < 1.29 is 29.4 Å². The van der Waals surface area contributed by atoms with Gasteiger partial charge >= 0.3 is 11.4 Å². The second-order valence-corrected chi connectivity index (χ2v) is 38.5. The summed E-state index contributed by atoms with van der Waals surface area (Å²) in [7, 11) is 7.12. The molecule has 0 saturated carbocycles. The first-order chi connectivity index (χ1) is 70.6. The van der Waals surface area contributed by atoms with Gasteiger partial charge in [0, 0.05) is 118 Å². The van der Waals surface area contributed by atoms with E-state index in [1.807, 2.05) is 194 Å². The zero-order valence-corrected chi connectivity index (χ0v) is 84.1. The highest BCUT2D eigenvalue weighted by Gasteiger charge is 2.37. The van der Waals surface area contributed by atoms with Crippen molar-refractivity contribution in [2.45, 2.75) is 77.5 Å². The van der Waals surface area contributed by atoms with Gasteiger partial charge in [0.05, 0.1) is 67.7 Å². The Kier molecular flexibility index (Phi) is 28.6. The Morgan fingerprint density at radius 1 is 0.247 bits per heavy atom. The van der Waals surface area contributed by atoms with Crippen LogP contribution in [0, 0.1) is 27.7 Å². The number of aromatic nitrogens is 4. The number of benzodiazepines with no additional fused rings is 4. The molecule has 6 N–H and O–H groups in total. The average molecular weight is 2000 g/mol. The third kappa shape index (κ3) is 21.0. The molecule has 6 heterocycles. The summed E-state index contributed by atoms with van der Waals surface area (Å²) in [5, 5.41) is 21.9. The maximum absolute atomic E-state index is 13.8. The molecule has 16 aromatic carbocycles. The summed E-state index contributed by atoms with van der Waals surface area (Å²) in [6.07, 6.45) is 1.78. The summed E-state index contributed by atoms with van der Waals surface area (Å²) in [6.45, 7) is 8.34. The van der Waals surface area contributed by atoms with Crippen LogP contribution in [0.5, 0.6) is 11.5 Å². The van der Waals surface area contributed by atoms with Crippen LogP contribution in [0.3, 0.4) is 0 Å². The summed E-state index contributed by atoms with van der Waals surface area (Å²) in [5.74, 6) is -0.0151. The summed E-state index contributed by atoms with van der Waals surface area (Å²) >= 11 is 25.6. The van der Waals surface area contributed by atoms with Gasteiger partial charge in [-0.15, -0.1) is 0 Å². The summed E-state index contributed by atoms with van der Waals surface area (Å²) in [5.41, 5.74) is 31.9. The Labute approximate surface area is 864 Å². The first-order valence-electron chi connectivity index (χ1n) is 47.8. The summed E-state index contributed by atoms with van der Waals surface area (Å²) < 4.78 is 0. The standard InChI is InChI=1S/2C31H25ClN4O2.2C30H25ClN2O2/c1-18-7-3-5-9-22(18)23-10-6-4-8-19(23)15-27-30(37)36(2)28-14-12-21(32)17-24(28)29(33-27)20-11-13-25-26(16-20)35-31(38)34-25;1-18-6-5-8-19(14-18)23-9-4-3-7-20(23)15-27-30(37)36(2)28-13-11-22(32)17-24(28)29(33-27)21-10-12-25-26(16-21)35-31(38)34-25;1-19-7-3-5-9-24(19)25-10-6-4-8-21(25)17-27-30(35)33(2)28-16-13-22(31)18-26(28)29(32-27)20-11-14-23(34)15-12-20;1-19-6-5-8-21(16-19)25-9-4-3-7-22(25)17-27-30(35)33(2)28-15-12-23(31)18-26(28)29(32-27)20-10-13-24(34)14-11-20/h2*3-14,16-17,27H,15H2,1-2H3,(H2,34,35,38);2*3-16,18,27,34H,17H2,1-2H3. The van der Waals surface area contributed by atoms with Gasteiger partial charge < -0.3 is 49.7 Å². The van der Waals surface area contributed by atoms with E-state index in [0.717, 1.165) is 134 Å². The summed E-state index contributed by atoms with van der Waals surface area (Å²) in [6, 6.07) is 110. The number of phenolic OH excluding ortho intramolecular Hbond substituents is 2. The van der Waals surface area contributed by atoms with Gasteiger partial charge in [0.15, 0.2) is 0 Å². The number of imidazole rings is 2. The van der Waals surface area contributed by atoms with Crippen molar-refractivity contribution in [1.29, 1.82) is 0 Å². The Hall–Kier alpha value is -16.6. The number of aromatic hydroxyl groups is 2. The predicted octanol–water partition coefficient (Wildman–Crippen LogP) is 24.7. The summed E-state index contributed by atoms with van der Waals surface area (Å²) in [4.78, 5) is 117. The number of hydrogen-bond donors (Lipinski definition) is 6. The second-order valence-electron chi connectivity index (χ2n) is 36.8. The number of hydrogen-bond acceptors (Lipinski definition) is 12. The van der Waals surface area contributed by atoms with Crippen molar-refractivity contribution in [2.24, 2.45) is 20.0 Å². The number of anilines is 4. The molecule has 0 spiro atoms. The third-order valence-corrected chi connectivity index (χ3v) is 28.0. The van der Waals surface area contributed by atoms with Gasteiger partial charge in [-0.3, -0.25) is 39.1 Å². The van der Waals surface area contributed by atoms with Crippen LogP contribution in [0.4, 0.5) is 22.7 Å². The van der Waals surface area contributed by atoms with Crippen molar-refractivity contribution >= 4 is 138 Å². The SMILES string of the molecule is Cc1cccc(-c2ccccc2CC2N=C(c3ccc(O)cc3)c3cc(Cl)ccc3N(C)C2=O)c1.Cc1cccc(-c2ccccc2CC2N=C(c3ccc4[nH]c(=O)[nH]c4c3)c3cc(Cl)ccc3N(C)C2=O)c1.Cc1ccccc1-c1ccccc1CC1N=C(c2ccc(O)cc2)c2cc(Cl)ccc2N(C)C1=O.Cc1ccccc1-c1ccccc1CC1N=C(c2ccc3[nH]c(=O)[nH]c3c2)c2cc(Cl)ccc2N(C)C1=O. The highest BCUT2D eigenvalue weighted by Crippen LogP contribution is 2.41. The molecule has 724 valence electrons. The van der Waals surface area contributed by atoms with Crippen LogP contribution in [0.15, 0.2) is 381 Å². The first kappa shape index (κ1) is 98.2. The molecule has 4 aliphatic rings. The molecule has 0 radical (unpaired) electrons. The molecule has 18 aromatic rings. The number of likely N-dealkylation sites (N-methyl/N-ethyl adjacent to an activating group) is 4. The lowest BCUT2D eigenvalue weighted by Gasteiger charge is -2.21. The monoisotopic (exact) mass is 2000 g/mol. The lowest BCUT2D eigenvalue weighted by molar-refractivity contribution is -0.120. The number of fused-ring (bicyclic) bond motifs is 6. The zero-order chi connectivity index (χ0) is 102. The van der Waals surface area contributed by atoms with E-state index in [1.54, 1.807) is 96.3 Å². The molecule has 22 rings (SSSR count). The Morgan fingerprint density at radius 2 is 0.507 bits per heavy atom. The van der Waals surface area contributed by atoms with Crippen LogP contribution >= 0.6 is 46.4 Å². The fraction of sp³-hybridized carbons (Fsp3) is 0.131. The van der Waals surface area contributed by atoms with Gasteiger partial charge in [0.25, 0.3) is 23.6 Å². The molecular formula is C122H100Cl4N12O8. The molecule has 4 atom stereocenters. The molecule has 0 saturated heterocycles. The highest BCUT2D eigenvalue weighted by atomic mass is 35.5. The minimum absolute atomic E-state index is 0.0815. The average Bonchev–Trinajstić information content (AvgIpc) is 1.63. The normalized spacial score (nSPS) is 15.4.